The van der Waals surface area contributed by atoms with Gasteiger partial charge in [-0.05, 0) is 45.4 Å². The van der Waals surface area contributed by atoms with Gasteiger partial charge in [0.05, 0.1) is 0 Å². The molecule has 1 saturated carbocycles. The lowest BCUT2D eigenvalue weighted by Gasteiger charge is -2.49. The van der Waals surface area contributed by atoms with Crippen molar-refractivity contribution in [2.45, 2.75) is 55.9 Å². The Labute approximate surface area is 110 Å². The van der Waals surface area contributed by atoms with Gasteiger partial charge in [0.1, 0.15) is 0 Å². The van der Waals surface area contributed by atoms with E-state index in [0.717, 1.165) is 12.1 Å². The summed E-state index contributed by atoms with van der Waals surface area (Å²) < 4.78 is 0.620. The second-order valence-electron chi connectivity index (χ2n) is 6.31. The van der Waals surface area contributed by atoms with Crippen molar-refractivity contribution in [3.8, 4) is 0 Å². The molecule has 3 rings (SSSR count). The van der Waals surface area contributed by atoms with Gasteiger partial charge in [0, 0.05) is 36.5 Å². The summed E-state index contributed by atoms with van der Waals surface area (Å²) in [5.41, 5.74) is 0. The van der Waals surface area contributed by atoms with E-state index in [-0.39, 0.29) is 0 Å². The topological polar surface area (TPSA) is 6.48 Å². The maximum absolute atomic E-state index is 2.79. The number of fused-ring (bicyclic) bond motifs is 1. The van der Waals surface area contributed by atoms with Gasteiger partial charge in [-0.15, -0.1) is 0 Å². The van der Waals surface area contributed by atoms with Gasteiger partial charge in [-0.2, -0.15) is 11.8 Å². The van der Waals surface area contributed by atoms with Crippen LogP contribution < -0.4 is 0 Å². The molecule has 2 atom stereocenters. The Kier molecular flexibility index (Phi) is 3.44. The minimum absolute atomic E-state index is 0.620. The van der Waals surface area contributed by atoms with Crippen LogP contribution in [0.3, 0.4) is 0 Å². The van der Waals surface area contributed by atoms with Crippen LogP contribution >= 0.6 is 11.8 Å². The van der Waals surface area contributed by atoms with Crippen molar-refractivity contribution in [1.82, 2.24) is 9.80 Å². The normalized spacial score (nSPS) is 37.8. The Bertz CT molecular complexity index is 272. The van der Waals surface area contributed by atoms with E-state index in [1.807, 2.05) is 0 Å². The summed E-state index contributed by atoms with van der Waals surface area (Å²) in [4.78, 5) is 5.52. The van der Waals surface area contributed by atoms with E-state index in [0.29, 0.717) is 4.75 Å². The molecule has 2 heterocycles. The molecular formula is C14H26N2S. The summed E-state index contributed by atoms with van der Waals surface area (Å²) in [5, 5.41) is 0. The van der Waals surface area contributed by atoms with Crippen molar-refractivity contribution in [2.75, 3.05) is 32.4 Å². The third-order valence-electron chi connectivity index (χ3n) is 5.26. The SMILES string of the molecule is CSC1(CN2CC3CCCN3CC2C)CCC1. The van der Waals surface area contributed by atoms with E-state index >= 15 is 0 Å². The third kappa shape index (κ3) is 2.26. The Hall–Kier alpha value is 0.270. The van der Waals surface area contributed by atoms with Crippen molar-refractivity contribution in [1.29, 1.82) is 0 Å². The number of piperazine rings is 1. The minimum atomic E-state index is 0.620. The highest BCUT2D eigenvalue weighted by atomic mass is 32.2. The molecule has 0 radical (unpaired) electrons. The van der Waals surface area contributed by atoms with Crippen LogP contribution in [0, 0.1) is 0 Å². The fourth-order valence-electron chi connectivity index (χ4n) is 3.84. The van der Waals surface area contributed by atoms with E-state index in [1.165, 1.54) is 58.3 Å². The zero-order chi connectivity index (χ0) is 11.9. The van der Waals surface area contributed by atoms with Crippen molar-refractivity contribution < 1.29 is 0 Å². The average Bonchev–Trinajstić information content (AvgIpc) is 2.70. The summed E-state index contributed by atoms with van der Waals surface area (Å²) in [5.74, 6) is 0. The molecule has 0 bridgehead atoms. The first-order chi connectivity index (χ1) is 8.22. The fourth-order valence-corrected chi connectivity index (χ4v) is 4.83. The number of nitrogens with zero attached hydrogens (tertiary/aromatic N) is 2. The Balaban J connectivity index is 1.62. The first-order valence-electron chi connectivity index (χ1n) is 7.26. The predicted molar refractivity (Wildman–Crippen MR) is 75.7 cm³/mol. The molecule has 17 heavy (non-hydrogen) atoms. The molecule has 3 fully saturated rings. The first kappa shape index (κ1) is 12.3. The van der Waals surface area contributed by atoms with Crippen LogP contribution in [0.5, 0.6) is 0 Å². The van der Waals surface area contributed by atoms with Gasteiger partial charge in [0.25, 0.3) is 0 Å². The molecule has 98 valence electrons. The van der Waals surface area contributed by atoms with Gasteiger partial charge in [0.2, 0.25) is 0 Å². The summed E-state index contributed by atoms with van der Waals surface area (Å²) in [6.07, 6.45) is 9.54. The van der Waals surface area contributed by atoms with Crippen molar-refractivity contribution >= 4 is 11.8 Å². The van der Waals surface area contributed by atoms with Gasteiger partial charge < -0.3 is 0 Å². The maximum atomic E-state index is 2.79. The predicted octanol–water partition coefficient (Wildman–Crippen LogP) is 2.44. The number of thioether (sulfide) groups is 1. The van der Waals surface area contributed by atoms with Crippen LogP contribution in [0.15, 0.2) is 0 Å². The van der Waals surface area contributed by atoms with Crippen LogP contribution in [0.2, 0.25) is 0 Å². The maximum Gasteiger partial charge on any atom is 0.0284 e. The summed E-state index contributed by atoms with van der Waals surface area (Å²) >= 11 is 2.12. The number of hydrogen-bond donors (Lipinski definition) is 0. The summed E-state index contributed by atoms with van der Waals surface area (Å²) in [7, 11) is 0. The van der Waals surface area contributed by atoms with Crippen LogP contribution in [-0.4, -0.2) is 59.1 Å². The lowest BCUT2D eigenvalue weighted by Crippen LogP contribution is -2.59. The largest absolute Gasteiger partial charge is 0.298 e. The summed E-state index contributed by atoms with van der Waals surface area (Å²) in [6, 6.07) is 1.65. The zero-order valence-corrected chi connectivity index (χ0v) is 12.1. The standard InChI is InChI=1S/C14H26N2S/c1-12-9-15-8-3-5-13(15)10-16(12)11-14(17-2)6-4-7-14/h12-13H,3-11H2,1-2H3. The van der Waals surface area contributed by atoms with E-state index in [1.54, 1.807) is 0 Å². The van der Waals surface area contributed by atoms with Crippen LogP contribution in [0.25, 0.3) is 0 Å². The molecule has 3 aliphatic rings. The van der Waals surface area contributed by atoms with Crippen molar-refractivity contribution in [3.63, 3.8) is 0 Å². The van der Waals surface area contributed by atoms with Gasteiger partial charge in [-0.1, -0.05) is 6.42 Å². The highest BCUT2D eigenvalue weighted by Crippen LogP contribution is 2.44. The lowest BCUT2D eigenvalue weighted by atomic mass is 9.83. The number of rotatable bonds is 3. The summed E-state index contributed by atoms with van der Waals surface area (Å²) in [6.45, 7) is 7.79. The molecule has 2 nitrogen and oxygen atoms in total. The highest BCUT2D eigenvalue weighted by Gasteiger charge is 2.41. The highest BCUT2D eigenvalue weighted by molar-refractivity contribution is 8.00. The zero-order valence-electron chi connectivity index (χ0n) is 11.3. The van der Waals surface area contributed by atoms with Gasteiger partial charge in [-0.3, -0.25) is 9.80 Å². The quantitative estimate of drug-likeness (QED) is 0.764. The molecule has 1 aliphatic carbocycles. The van der Waals surface area contributed by atoms with Gasteiger partial charge in [-0.25, -0.2) is 0 Å². The molecule has 0 aromatic rings. The lowest BCUT2D eigenvalue weighted by molar-refractivity contribution is 0.0443. The molecule has 3 heteroatoms. The third-order valence-corrected chi connectivity index (χ3v) is 6.66. The molecule has 0 aromatic heterocycles. The molecule has 0 spiro atoms. The van der Waals surface area contributed by atoms with Crippen LogP contribution in [0.1, 0.15) is 39.0 Å². The molecule has 0 aromatic carbocycles. The van der Waals surface area contributed by atoms with E-state index in [9.17, 15) is 0 Å². The van der Waals surface area contributed by atoms with Gasteiger partial charge >= 0.3 is 0 Å². The Morgan fingerprint density at radius 3 is 2.71 bits per heavy atom. The van der Waals surface area contributed by atoms with E-state index < -0.39 is 0 Å². The van der Waals surface area contributed by atoms with Gasteiger partial charge in [0.15, 0.2) is 0 Å². The first-order valence-corrected chi connectivity index (χ1v) is 8.48. The minimum Gasteiger partial charge on any atom is -0.298 e. The van der Waals surface area contributed by atoms with E-state index in [2.05, 4.69) is 34.7 Å². The number of hydrogen-bond acceptors (Lipinski definition) is 3. The van der Waals surface area contributed by atoms with Crippen molar-refractivity contribution in [3.05, 3.63) is 0 Å². The monoisotopic (exact) mass is 254 g/mol. The van der Waals surface area contributed by atoms with Crippen LogP contribution in [0.4, 0.5) is 0 Å². The fraction of sp³-hybridized carbons (Fsp3) is 1.00. The molecular weight excluding hydrogens is 228 g/mol. The van der Waals surface area contributed by atoms with Crippen molar-refractivity contribution in [2.24, 2.45) is 0 Å². The average molecular weight is 254 g/mol. The van der Waals surface area contributed by atoms with E-state index in [4.69, 9.17) is 0 Å². The van der Waals surface area contributed by atoms with Crippen LogP contribution in [-0.2, 0) is 0 Å². The smallest absolute Gasteiger partial charge is 0.0284 e. The second-order valence-corrected chi connectivity index (χ2v) is 7.58. The molecule has 0 amide bonds. The second kappa shape index (κ2) is 4.75. The molecule has 2 unspecified atom stereocenters. The molecule has 0 N–H and O–H groups in total. The molecule has 2 aliphatic heterocycles. The molecule has 2 saturated heterocycles. The Morgan fingerprint density at radius 1 is 1.24 bits per heavy atom. The Morgan fingerprint density at radius 2 is 2.06 bits per heavy atom.